The third-order valence-corrected chi connectivity index (χ3v) is 3.53. The van der Waals surface area contributed by atoms with Gasteiger partial charge < -0.3 is 10.1 Å². The number of hydrogen-bond acceptors (Lipinski definition) is 4. The number of methoxy groups -OCH3 is 1. The van der Waals surface area contributed by atoms with Crippen molar-refractivity contribution in [3.8, 4) is 11.4 Å². The molecule has 1 aromatic heterocycles. The number of benzene rings is 2. The van der Waals surface area contributed by atoms with Crippen LogP contribution in [0.15, 0.2) is 48.5 Å². The Labute approximate surface area is 139 Å². The van der Waals surface area contributed by atoms with E-state index in [0.29, 0.717) is 18.0 Å². The minimum atomic E-state index is -0.152. The highest BCUT2D eigenvalue weighted by Gasteiger charge is 2.07. The Morgan fingerprint density at radius 2 is 1.83 bits per heavy atom. The molecular weight excluding hydrogens is 304 g/mol. The highest BCUT2D eigenvalue weighted by molar-refractivity contribution is 6.04. The van der Waals surface area contributed by atoms with Crippen molar-refractivity contribution in [3.63, 3.8) is 0 Å². The average Bonchev–Trinajstić information content (AvgIpc) is 3.03. The lowest BCUT2D eigenvalue weighted by atomic mass is 10.1. The zero-order valence-electron chi connectivity index (χ0n) is 13.5. The molecule has 0 fully saturated rings. The molecule has 0 aliphatic heterocycles. The third-order valence-electron chi connectivity index (χ3n) is 3.53. The molecule has 6 heteroatoms. The number of aromatic amines is 1. The lowest BCUT2D eigenvalue weighted by molar-refractivity contribution is 0.102. The van der Waals surface area contributed by atoms with Crippen LogP contribution in [0.5, 0.6) is 0 Å². The molecule has 122 valence electrons. The molecule has 0 aliphatic carbocycles. The van der Waals surface area contributed by atoms with Crippen LogP contribution >= 0.6 is 0 Å². The summed E-state index contributed by atoms with van der Waals surface area (Å²) in [4.78, 5) is 16.5. The van der Waals surface area contributed by atoms with Gasteiger partial charge in [-0.15, -0.1) is 0 Å². The highest BCUT2D eigenvalue weighted by Crippen LogP contribution is 2.18. The van der Waals surface area contributed by atoms with Crippen molar-refractivity contribution >= 4 is 11.6 Å². The van der Waals surface area contributed by atoms with Gasteiger partial charge in [0.1, 0.15) is 5.82 Å². The van der Waals surface area contributed by atoms with Crippen molar-refractivity contribution in [1.29, 1.82) is 0 Å². The van der Waals surface area contributed by atoms with E-state index in [2.05, 4.69) is 20.5 Å². The second kappa shape index (κ2) is 7.06. The van der Waals surface area contributed by atoms with Crippen LogP contribution in [0.4, 0.5) is 5.69 Å². The number of anilines is 1. The minimum absolute atomic E-state index is 0.152. The van der Waals surface area contributed by atoms with Gasteiger partial charge in [-0.25, -0.2) is 4.98 Å². The predicted octanol–water partition coefficient (Wildman–Crippen LogP) is 3.18. The Bertz CT molecular complexity index is 823. The number of aryl methyl sites for hydroxylation is 1. The molecule has 6 nitrogen and oxygen atoms in total. The molecule has 0 atom stereocenters. The average molecular weight is 322 g/mol. The van der Waals surface area contributed by atoms with Crippen LogP contribution < -0.4 is 5.32 Å². The van der Waals surface area contributed by atoms with E-state index in [1.165, 1.54) is 0 Å². The second-order valence-corrected chi connectivity index (χ2v) is 5.41. The normalized spacial score (nSPS) is 10.6. The maximum absolute atomic E-state index is 12.3. The molecule has 2 N–H and O–H groups in total. The van der Waals surface area contributed by atoms with Gasteiger partial charge in [0.15, 0.2) is 5.82 Å². The van der Waals surface area contributed by atoms with Gasteiger partial charge in [0.25, 0.3) is 5.91 Å². The van der Waals surface area contributed by atoms with Crippen LogP contribution in [0, 0.1) is 6.92 Å². The van der Waals surface area contributed by atoms with E-state index in [1.807, 2.05) is 43.3 Å². The third kappa shape index (κ3) is 3.67. The van der Waals surface area contributed by atoms with Crippen molar-refractivity contribution in [2.24, 2.45) is 0 Å². The number of H-pyrrole nitrogens is 1. The number of hydrogen-bond donors (Lipinski definition) is 2. The monoisotopic (exact) mass is 322 g/mol. The summed E-state index contributed by atoms with van der Waals surface area (Å²) in [5.74, 6) is 1.25. The fraction of sp³-hybridized carbons (Fsp3) is 0.167. The molecule has 2 aromatic carbocycles. The number of ether oxygens (including phenoxy) is 1. The number of nitrogens with zero attached hydrogens (tertiary/aromatic N) is 2. The van der Waals surface area contributed by atoms with E-state index < -0.39 is 0 Å². The maximum atomic E-state index is 12.3. The summed E-state index contributed by atoms with van der Waals surface area (Å²) in [7, 11) is 1.64. The van der Waals surface area contributed by atoms with E-state index >= 15 is 0 Å². The molecule has 0 saturated carbocycles. The summed E-state index contributed by atoms with van der Waals surface area (Å²) in [6, 6.07) is 14.7. The van der Waals surface area contributed by atoms with Crippen LogP contribution in [-0.2, 0) is 11.3 Å². The Morgan fingerprint density at radius 1 is 1.12 bits per heavy atom. The van der Waals surface area contributed by atoms with Gasteiger partial charge in [0.05, 0.1) is 6.61 Å². The zero-order valence-corrected chi connectivity index (χ0v) is 13.5. The summed E-state index contributed by atoms with van der Waals surface area (Å²) < 4.78 is 5.06. The van der Waals surface area contributed by atoms with Crippen molar-refractivity contribution in [2.45, 2.75) is 13.5 Å². The van der Waals surface area contributed by atoms with Gasteiger partial charge in [0.2, 0.25) is 0 Å². The fourth-order valence-electron chi connectivity index (χ4n) is 2.30. The maximum Gasteiger partial charge on any atom is 0.255 e. The molecular formula is C18H18N4O2. The quantitative estimate of drug-likeness (QED) is 0.756. The number of carbonyl (C=O) groups is 1. The number of nitrogens with one attached hydrogen (secondary N) is 2. The van der Waals surface area contributed by atoms with E-state index in [9.17, 15) is 4.79 Å². The summed E-state index contributed by atoms with van der Waals surface area (Å²) in [6.07, 6.45) is 0. The Balaban J connectivity index is 1.68. The van der Waals surface area contributed by atoms with Crippen molar-refractivity contribution in [1.82, 2.24) is 15.2 Å². The largest absolute Gasteiger partial charge is 0.380 e. The molecule has 0 aliphatic rings. The highest BCUT2D eigenvalue weighted by atomic mass is 16.5. The summed E-state index contributed by atoms with van der Waals surface area (Å²) in [6.45, 7) is 2.38. The first kappa shape index (κ1) is 15.9. The van der Waals surface area contributed by atoms with Gasteiger partial charge in [-0.2, -0.15) is 5.10 Å². The van der Waals surface area contributed by atoms with E-state index in [-0.39, 0.29) is 5.91 Å². The summed E-state index contributed by atoms with van der Waals surface area (Å²) in [5, 5.41) is 9.80. The summed E-state index contributed by atoms with van der Waals surface area (Å²) in [5.41, 5.74) is 3.24. The van der Waals surface area contributed by atoms with E-state index in [4.69, 9.17) is 4.74 Å². The van der Waals surface area contributed by atoms with Crippen LogP contribution in [0.2, 0.25) is 0 Å². The van der Waals surface area contributed by atoms with Gasteiger partial charge in [-0.1, -0.05) is 12.1 Å². The molecule has 0 spiro atoms. The van der Waals surface area contributed by atoms with Crippen LogP contribution in [0.1, 0.15) is 21.7 Å². The lowest BCUT2D eigenvalue weighted by Crippen LogP contribution is -2.11. The molecule has 0 unspecified atom stereocenters. The van der Waals surface area contributed by atoms with Gasteiger partial charge in [0, 0.05) is 23.9 Å². The van der Waals surface area contributed by atoms with E-state index in [1.54, 1.807) is 19.2 Å². The molecule has 1 amide bonds. The van der Waals surface area contributed by atoms with Crippen LogP contribution in [-0.4, -0.2) is 28.2 Å². The van der Waals surface area contributed by atoms with Crippen LogP contribution in [0.3, 0.4) is 0 Å². The fourth-order valence-corrected chi connectivity index (χ4v) is 2.30. The van der Waals surface area contributed by atoms with Gasteiger partial charge in [-0.05, 0) is 48.9 Å². The number of amides is 1. The van der Waals surface area contributed by atoms with Crippen molar-refractivity contribution < 1.29 is 9.53 Å². The van der Waals surface area contributed by atoms with Gasteiger partial charge >= 0.3 is 0 Å². The number of rotatable bonds is 5. The van der Waals surface area contributed by atoms with Crippen molar-refractivity contribution in [3.05, 3.63) is 65.5 Å². The topological polar surface area (TPSA) is 79.9 Å². The Hall–Kier alpha value is -2.99. The van der Waals surface area contributed by atoms with Gasteiger partial charge in [-0.3, -0.25) is 9.89 Å². The Kier molecular flexibility index (Phi) is 4.67. The smallest absolute Gasteiger partial charge is 0.255 e. The standard InChI is InChI=1S/C18H18N4O2/c1-12-19-17(22-21-12)14-7-9-16(10-8-14)20-18(23)15-5-3-13(4-6-15)11-24-2/h3-10H,11H2,1-2H3,(H,20,23)(H,19,21,22). The molecule has 0 radical (unpaired) electrons. The summed E-state index contributed by atoms with van der Waals surface area (Å²) >= 11 is 0. The molecule has 0 bridgehead atoms. The zero-order chi connectivity index (χ0) is 16.9. The first-order chi connectivity index (χ1) is 11.7. The minimum Gasteiger partial charge on any atom is -0.380 e. The molecule has 24 heavy (non-hydrogen) atoms. The number of carbonyl (C=O) groups excluding carboxylic acids is 1. The van der Waals surface area contributed by atoms with Crippen molar-refractivity contribution in [2.75, 3.05) is 12.4 Å². The Morgan fingerprint density at radius 3 is 2.42 bits per heavy atom. The first-order valence-corrected chi connectivity index (χ1v) is 7.54. The lowest BCUT2D eigenvalue weighted by Gasteiger charge is -2.07. The second-order valence-electron chi connectivity index (χ2n) is 5.41. The molecule has 3 aromatic rings. The SMILES string of the molecule is COCc1ccc(C(=O)Nc2ccc(-c3n[nH]c(C)n3)cc2)cc1. The predicted molar refractivity (Wildman–Crippen MR) is 91.7 cm³/mol. The molecule has 1 heterocycles. The van der Waals surface area contributed by atoms with Crippen LogP contribution in [0.25, 0.3) is 11.4 Å². The number of aromatic nitrogens is 3. The molecule has 0 saturated heterocycles. The van der Waals surface area contributed by atoms with E-state index in [0.717, 1.165) is 22.6 Å². The molecule has 3 rings (SSSR count). The first-order valence-electron chi connectivity index (χ1n) is 7.54.